The van der Waals surface area contributed by atoms with Crippen LogP contribution < -0.4 is 5.32 Å². The molecule has 0 spiro atoms. The van der Waals surface area contributed by atoms with Crippen molar-refractivity contribution in [1.82, 2.24) is 5.32 Å². The highest BCUT2D eigenvalue weighted by atomic mass is 16.7. The molecule has 1 rings (SSSR count). The van der Waals surface area contributed by atoms with Crippen molar-refractivity contribution >= 4 is 0 Å². The first-order chi connectivity index (χ1) is 9.43. The zero-order valence-corrected chi connectivity index (χ0v) is 13.7. The van der Waals surface area contributed by atoms with Crippen LogP contribution in [0, 0.1) is 0 Å². The van der Waals surface area contributed by atoms with Gasteiger partial charge < -0.3 is 14.8 Å². The Bertz CT molecular complexity index is 377. The van der Waals surface area contributed by atoms with Gasteiger partial charge in [-0.2, -0.15) is 0 Å². The third-order valence-electron chi connectivity index (χ3n) is 3.49. The molecule has 1 aromatic rings. The van der Waals surface area contributed by atoms with Crippen molar-refractivity contribution in [1.29, 1.82) is 0 Å². The van der Waals surface area contributed by atoms with Gasteiger partial charge in [-0.1, -0.05) is 52.0 Å². The summed E-state index contributed by atoms with van der Waals surface area (Å²) < 4.78 is 10.9. The van der Waals surface area contributed by atoms with Gasteiger partial charge in [0.2, 0.25) is 0 Å². The maximum absolute atomic E-state index is 5.43. The van der Waals surface area contributed by atoms with Crippen LogP contribution in [0.2, 0.25) is 0 Å². The van der Waals surface area contributed by atoms with E-state index in [-0.39, 0.29) is 17.7 Å². The van der Waals surface area contributed by atoms with Gasteiger partial charge in [-0.05, 0) is 29.5 Å². The van der Waals surface area contributed by atoms with Crippen LogP contribution in [0.3, 0.4) is 0 Å². The van der Waals surface area contributed by atoms with Crippen LogP contribution in [-0.4, -0.2) is 27.1 Å². The van der Waals surface area contributed by atoms with E-state index in [1.807, 2.05) is 0 Å². The largest absolute Gasteiger partial charge is 0.354 e. The Labute approximate surface area is 123 Å². The highest BCUT2D eigenvalue weighted by Gasteiger charge is 2.23. The molecule has 1 aromatic carbocycles. The molecule has 0 aliphatic heterocycles. The molecular weight excluding hydrogens is 250 g/mol. The summed E-state index contributed by atoms with van der Waals surface area (Å²) in [5, 5.41) is 3.50. The van der Waals surface area contributed by atoms with Crippen LogP contribution in [0.25, 0.3) is 0 Å². The quantitative estimate of drug-likeness (QED) is 0.773. The zero-order chi connectivity index (χ0) is 15.2. The van der Waals surface area contributed by atoms with Crippen molar-refractivity contribution in [3.63, 3.8) is 0 Å². The Hall–Kier alpha value is -0.900. The fourth-order valence-corrected chi connectivity index (χ4v) is 2.23. The molecule has 0 bridgehead atoms. The molecule has 0 amide bonds. The molecule has 0 saturated carbocycles. The molecule has 0 aromatic heterocycles. The number of hydrogen-bond donors (Lipinski definition) is 1. The molecule has 0 radical (unpaired) electrons. The molecule has 1 N–H and O–H groups in total. The number of methoxy groups -OCH3 is 2. The second-order valence-electron chi connectivity index (χ2n) is 6.14. The molecule has 1 atom stereocenters. The lowest BCUT2D eigenvalue weighted by molar-refractivity contribution is -0.124. The molecule has 20 heavy (non-hydrogen) atoms. The standard InChI is InChI=1S/C17H29NO2/c1-7-12-18-15(16(19-5)20-6)13-8-10-14(11-9-13)17(2,3)4/h8-11,15-16,18H,7,12H2,1-6H3. The average Bonchev–Trinajstić information content (AvgIpc) is 2.43. The fraction of sp³-hybridized carbons (Fsp3) is 0.647. The average molecular weight is 279 g/mol. The summed E-state index contributed by atoms with van der Waals surface area (Å²) in [6.07, 6.45) is 0.804. The summed E-state index contributed by atoms with van der Waals surface area (Å²) in [6.45, 7) is 9.77. The van der Waals surface area contributed by atoms with Crippen LogP contribution in [0.15, 0.2) is 24.3 Å². The summed E-state index contributed by atoms with van der Waals surface area (Å²) in [6, 6.07) is 8.77. The fourth-order valence-electron chi connectivity index (χ4n) is 2.23. The van der Waals surface area contributed by atoms with Crippen molar-refractivity contribution in [2.24, 2.45) is 0 Å². The minimum absolute atomic E-state index is 0.0546. The van der Waals surface area contributed by atoms with Crippen LogP contribution >= 0.6 is 0 Å². The molecule has 3 nitrogen and oxygen atoms in total. The van der Waals surface area contributed by atoms with Gasteiger partial charge in [0, 0.05) is 14.2 Å². The summed E-state index contributed by atoms with van der Waals surface area (Å²) in [5.41, 5.74) is 2.70. The first kappa shape index (κ1) is 17.2. The van der Waals surface area contributed by atoms with Gasteiger partial charge in [0.15, 0.2) is 6.29 Å². The first-order valence-electron chi connectivity index (χ1n) is 7.33. The Balaban J connectivity index is 2.95. The third kappa shape index (κ3) is 4.58. The lowest BCUT2D eigenvalue weighted by atomic mass is 9.86. The molecule has 1 unspecified atom stereocenters. The lowest BCUT2D eigenvalue weighted by Gasteiger charge is -2.27. The smallest absolute Gasteiger partial charge is 0.176 e. The maximum atomic E-state index is 5.43. The van der Waals surface area contributed by atoms with E-state index in [4.69, 9.17) is 9.47 Å². The molecule has 3 heteroatoms. The van der Waals surface area contributed by atoms with Crippen LogP contribution in [0.4, 0.5) is 0 Å². The number of nitrogens with one attached hydrogen (secondary N) is 1. The van der Waals surface area contributed by atoms with E-state index in [1.165, 1.54) is 11.1 Å². The summed E-state index contributed by atoms with van der Waals surface area (Å²) in [4.78, 5) is 0. The molecule has 114 valence electrons. The molecule has 0 saturated heterocycles. The van der Waals surface area contributed by atoms with Crippen molar-refractivity contribution < 1.29 is 9.47 Å². The van der Waals surface area contributed by atoms with Crippen molar-refractivity contribution in [3.05, 3.63) is 35.4 Å². The number of hydrogen-bond acceptors (Lipinski definition) is 3. The Morgan fingerprint density at radius 1 is 1.05 bits per heavy atom. The van der Waals surface area contributed by atoms with Gasteiger partial charge in [0.05, 0.1) is 6.04 Å². The lowest BCUT2D eigenvalue weighted by Crippen LogP contribution is -2.35. The first-order valence-corrected chi connectivity index (χ1v) is 7.33. The van der Waals surface area contributed by atoms with E-state index < -0.39 is 0 Å². The monoisotopic (exact) mass is 279 g/mol. The predicted molar refractivity (Wildman–Crippen MR) is 84.0 cm³/mol. The highest BCUT2D eigenvalue weighted by Crippen LogP contribution is 2.25. The topological polar surface area (TPSA) is 30.5 Å². The summed E-state index contributed by atoms with van der Waals surface area (Å²) >= 11 is 0. The molecule has 0 aliphatic rings. The number of rotatable bonds is 7. The van der Waals surface area contributed by atoms with Crippen LogP contribution in [-0.2, 0) is 14.9 Å². The third-order valence-corrected chi connectivity index (χ3v) is 3.49. The minimum atomic E-state index is -0.276. The van der Waals surface area contributed by atoms with Gasteiger partial charge in [0.25, 0.3) is 0 Å². The van der Waals surface area contributed by atoms with Gasteiger partial charge in [0.1, 0.15) is 0 Å². The van der Waals surface area contributed by atoms with E-state index >= 15 is 0 Å². The van der Waals surface area contributed by atoms with Crippen LogP contribution in [0.5, 0.6) is 0 Å². The van der Waals surface area contributed by atoms with Crippen molar-refractivity contribution in [2.45, 2.75) is 51.9 Å². The Kier molecular flexibility index (Phi) is 6.66. The minimum Gasteiger partial charge on any atom is -0.354 e. The number of ether oxygens (including phenoxy) is 2. The highest BCUT2D eigenvalue weighted by molar-refractivity contribution is 5.29. The van der Waals surface area contributed by atoms with Gasteiger partial charge in [-0.15, -0.1) is 0 Å². The summed E-state index contributed by atoms with van der Waals surface area (Å²) in [7, 11) is 3.36. The second-order valence-corrected chi connectivity index (χ2v) is 6.14. The molecule has 0 heterocycles. The van der Waals surface area contributed by atoms with E-state index in [9.17, 15) is 0 Å². The van der Waals surface area contributed by atoms with Gasteiger partial charge in [-0.25, -0.2) is 0 Å². The van der Waals surface area contributed by atoms with Crippen molar-refractivity contribution in [3.8, 4) is 0 Å². The van der Waals surface area contributed by atoms with E-state index in [1.54, 1.807) is 14.2 Å². The van der Waals surface area contributed by atoms with E-state index in [0.717, 1.165) is 13.0 Å². The number of benzene rings is 1. The SMILES string of the molecule is CCCNC(c1ccc(C(C)(C)C)cc1)C(OC)OC. The second kappa shape index (κ2) is 7.77. The van der Waals surface area contributed by atoms with Gasteiger partial charge >= 0.3 is 0 Å². The summed E-state index contributed by atoms with van der Waals surface area (Å²) in [5.74, 6) is 0. The van der Waals surface area contributed by atoms with Crippen LogP contribution in [0.1, 0.15) is 51.3 Å². The normalized spacial score (nSPS) is 13.8. The molecule has 0 fully saturated rings. The Morgan fingerprint density at radius 2 is 1.60 bits per heavy atom. The maximum Gasteiger partial charge on any atom is 0.176 e. The predicted octanol–water partition coefficient (Wildman–Crippen LogP) is 3.64. The van der Waals surface area contributed by atoms with Gasteiger partial charge in [-0.3, -0.25) is 0 Å². The van der Waals surface area contributed by atoms with E-state index in [0.29, 0.717) is 0 Å². The van der Waals surface area contributed by atoms with E-state index in [2.05, 4.69) is 57.3 Å². The zero-order valence-electron chi connectivity index (χ0n) is 13.7. The van der Waals surface area contributed by atoms with Crippen molar-refractivity contribution in [2.75, 3.05) is 20.8 Å². The molecule has 0 aliphatic carbocycles. The molecular formula is C17H29NO2. The Morgan fingerprint density at radius 3 is 2.00 bits per heavy atom.